The zero-order chi connectivity index (χ0) is 17.6. The van der Waals surface area contributed by atoms with E-state index in [1.54, 1.807) is 6.92 Å². The van der Waals surface area contributed by atoms with Gasteiger partial charge in [-0.3, -0.25) is 4.40 Å². The summed E-state index contributed by atoms with van der Waals surface area (Å²) in [4.78, 5) is 15.5. The summed E-state index contributed by atoms with van der Waals surface area (Å²) in [5.74, 6) is -2.22. The van der Waals surface area contributed by atoms with Crippen molar-refractivity contribution < 1.29 is 27.5 Å². The highest BCUT2D eigenvalue weighted by atomic mass is 32.1. The molecule has 2 aromatic heterocycles. The lowest BCUT2D eigenvalue weighted by Crippen LogP contribution is -2.14. The molecule has 0 aliphatic rings. The maximum atomic E-state index is 13.1. The maximum Gasteiger partial charge on any atom is 0.435 e. The second-order valence-corrected chi connectivity index (χ2v) is 6.03. The van der Waals surface area contributed by atoms with Gasteiger partial charge in [0, 0.05) is 4.88 Å². The summed E-state index contributed by atoms with van der Waals surface area (Å²) in [6, 6.07) is 5.13. The summed E-state index contributed by atoms with van der Waals surface area (Å²) >= 11 is 0.986. The van der Waals surface area contributed by atoms with Crippen LogP contribution in [0.4, 0.5) is 17.6 Å². The number of carboxylic acids is 1. The molecule has 0 saturated carbocycles. The third kappa shape index (κ3) is 2.54. The van der Waals surface area contributed by atoms with Crippen LogP contribution < -0.4 is 0 Å². The Hall–Kier alpha value is -2.42. The number of carboxylic acid groups (broad SMARTS) is 1. The maximum absolute atomic E-state index is 13.1. The summed E-state index contributed by atoms with van der Waals surface area (Å²) in [5.41, 5.74) is -1.66. The van der Waals surface area contributed by atoms with E-state index in [1.807, 2.05) is 0 Å². The molecule has 0 atom stereocenters. The van der Waals surface area contributed by atoms with Gasteiger partial charge in [-0.1, -0.05) is 6.92 Å². The van der Waals surface area contributed by atoms with E-state index in [9.17, 15) is 27.5 Å². The number of rotatable bonds is 3. The van der Waals surface area contributed by atoms with Gasteiger partial charge in [-0.05, 0) is 36.2 Å². The second-order valence-electron chi connectivity index (χ2n) is 4.96. The van der Waals surface area contributed by atoms with E-state index in [0.717, 1.165) is 15.7 Å². The molecule has 1 aromatic carbocycles. The van der Waals surface area contributed by atoms with Crippen LogP contribution in [0.25, 0.3) is 16.2 Å². The van der Waals surface area contributed by atoms with Crippen LogP contribution in [-0.4, -0.2) is 20.5 Å². The molecule has 2 heterocycles. The molecular weight excluding hydrogens is 348 g/mol. The number of nitrogens with zero attached hydrogens (tertiary/aromatic N) is 2. The van der Waals surface area contributed by atoms with Crippen molar-refractivity contribution in [3.05, 3.63) is 46.3 Å². The Morgan fingerprint density at radius 2 is 1.92 bits per heavy atom. The molecule has 0 fully saturated rings. The van der Waals surface area contributed by atoms with Gasteiger partial charge >= 0.3 is 12.1 Å². The quantitative estimate of drug-likeness (QED) is 0.703. The topological polar surface area (TPSA) is 54.6 Å². The highest BCUT2D eigenvalue weighted by Crippen LogP contribution is 2.39. The number of hydrogen-bond donors (Lipinski definition) is 1. The number of carbonyl (C=O) groups is 1. The van der Waals surface area contributed by atoms with Crippen molar-refractivity contribution in [2.24, 2.45) is 0 Å². The number of benzene rings is 1. The Bertz CT molecular complexity index is 926. The Balaban J connectivity index is 2.40. The van der Waals surface area contributed by atoms with Gasteiger partial charge in [0.15, 0.2) is 16.3 Å². The van der Waals surface area contributed by atoms with Crippen LogP contribution in [0, 0.1) is 5.82 Å². The van der Waals surface area contributed by atoms with E-state index in [2.05, 4.69) is 4.98 Å². The molecule has 0 amide bonds. The molecule has 0 saturated heterocycles. The minimum atomic E-state index is -4.88. The fourth-order valence-corrected chi connectivity index (χ4v) is 3.57. The molecule has 0 aliphatic carbocycles. The lowest BCUT2D eigenvalue weighted by Gasteiger charge is -2.08. The van der Waals surface area contributed by atoms with Gasteiger partial charge in [0.2, 0.25) is 0 Å². The molecule has 0 unspecified atom stereocenters. The zero-order valence-electron chi connectivity index (χ0n) is 12.2. The molecule has 0 spiro atoms. The van der Waals surface area contributed by atoms with Gasteiger partial charge in [0.25, 0.3) is 0 Å². The molecule has 24 heavy (non-hydrogen) atoms. The molecule has 1 N–H and O–H groups in total. The van der Waals surface area contributed by atoms with Gasteiger partial charge < -0.3 is 5.11 Å². The highest BCUT2D eigenvalue weighted by molar-refractivity contribution is 7.17. The van der Waals surface area contributed by atoms with E-state index in [-0.39, 0.29) is 10.7 Å². The van der Waals surface area contributed by atoms with Crippen LogP contribution in [0.1, 0.15) is 28.0 Å². The van der Waals surface area contributed by atoms with Crippen molar-refractivity contribution in [1.82, 2.24) is 9.38 Å². The van der Waals surface area contributed by atoms with E-state index in [1.165, 1.54) is 24.3 Å². The first-order chi connectivity index (χ1) is 11.2. The average Bonchev–Trinajstić information content (AvgIpc) is 3.02. The van der Waals surface area contributed by atoms with Crippen molar-refractivity contribution in [2.45, 2.75) is 19.5 Å². The SMILES string of the molecule is CCc1sc2nc(C(F)(F)F)c(C(=O)O)n2c1-c1ccc(F)cc1. The first-order valence-electron chi connectivity index (χ1n) is 6.84. The van der Waals surface area contributed by atoms with Gasteiger partial charge in [0.1, 0.15) is 5.82 Å². The minimum Gasteiger partial charge on any atom is -0.476 e. The third-order valence-corrected chi connectivity index (χ3v) is 4.64. The predicted molar refractivity (Wildman–Crippen MR) is 79.8 cm³/mol. The summed E-state index contributed by atoms with van der Waals surface area (Å²) in [6.45, 7) is 1.80. The molecule has 3 rings (SSSR count). The monoisotopic (exact) mass is 358 g/mol. The number of halogens is 4. The van der Waals surface area contributed by atoms with Crippen molar-refractivity contribution in [3.8, 4) is 11.3 Å². The number of imidazole rings is 1. The fraction of sp³-hybridized carbons (Fsp3) is 0.200. The first-order valence-corrected chi connectivity index (χ1v) is 7.66. The second kappa shape index (κ2) is 5.59. The van der Waals surface area contributed by atoms with Gasteiger partial charge in [-0.15, -0.1) is 11.3 Å². The molecule has 0 radical (unpaired) electrons. The largest absolute Gasteiger partial charge is 0.476 e. The van der Waals surface area contributed by atoms with Gasteiger partial charge in [0.05, 0.1) is 5.69 Å². The molecule has 4 nitrogen and oxygen atoms in total. The number of thiazole rings is 1. The Labute approximate surface area is 137 Å². The Kier molecular flexibility index (Phi) is 3.83. The van der Waals surface area contributed by atoms with Gasteiger partial charge in [-0.2, -0.15) is 13.2 Å². The Morgan fingerprint density at radius 3 is 2.42 bits per heavy atom. The number of aromatic nitrogens is 2. The summed E-state index contributed by atoms with van der Waals surface area (Å²) < 4.78 is 53.5. The standard InChI is InChI=1S/C15H10F4N2O2S/c1-2-9-10(7-3-5-8(16)6-4-7)21-11(13(22)23)12(15(17,18)19)20-14(21)24-9/h3-6H,2H2,1H3,(H,22,23). The Morgan fingerprint density at radius 1 is 1.29 bits per heavy atom. The lowest BCUT2D eigenvalue weighted by atomic mass is 10.1. The summed E-state index contributed by atoms with van der Waals surface area (Å²) in [7, 11) is 0. The molecule has 0 bridgehead atoms. The van der Waals surface area contributed by atoms with Crippen molar-refractivity contribution in [1.29, 1.82) is 0 Å². The van der Waals surface area contributed by atoms with E-state index < -0.39 is 29.4 Å². The molecule has 3 aromatic rings. The zero-order valence-corrected chi connectivity index (χ0v) is 13.0. The van der Waals surface area contributed by atoms with Crippen molar-refractivity contribution >= 4 is 22.3 Å². The number of fused-ring (bicyclic) bond motifs is 1. The van der Waals surface area contributed by atoms with E-state index in [0.29, 0.717) is 16.9 Å². The first kappa shape index (κ1) is 16.4. The van der Waals surface area contributed by atoms with Crippen molar-refractivity contribution in [3.63, 3.8) is 0 Å². The lowest BCUT2D eigenvalue weighted by molar-refractivity contribution is -0.141. The van der Waals surface area contributed by atoms with Gasteiger partial charge in [-0.25, -0.2) is 14.2 Å². The molecule has 126 valence electrons. The van der Waals surface area contributed by atoms with Crippen LogP contribution in [0.15, 0.2) is 24.3 Å². The van der Waals surface area contributed by atoms with Crippen LogP contribution >= 0.6 is 11.3 Å². The van der Waals surface area contributed by atoms with Crippen LogP contribution in [0.2, 0.25) is 0 Å². The van der Waals surface area contributed by atoms with Crippen LogP contribution in [-0.2, 0) is 12.6 Å². The summed E-state index contributed by atoms with van der Waals surface area (Å²) in [5, 5.41) is 9.30. The highest BCUT2D eigenvalue weighted by Gasteiger charge is 2.41. The molecular formula is C15H10F4N2O2S. The number of alkyl halides is 3. The average molecular weight is 358 g/mol. The van der Waals surface area contributed by atoms with Crippen LogP contribution in [0.5, 0.6) is 0 Å². The number of hydrogen-bond acceptors (Lipinski definition) is 3. The minimum absolute atomic E-state index is 0.0594. The number of aryl methyl sites for hydroxylation is 1. The normalized spacial score (nSPS) is 12.0. The summed E-state index contributed by atoms with van der Waals surface area (Å²) in [6.07, 6.45) is -4.41. The van der Waals surface area contributed by atoms with E-state index in [4.69, 9.17) is 0 Å². The third-order valence-electron chi connectivity index (χ3n) is 3.46. The van der Waals surface area contributed by atoms with E-state index >= 15 is 0 Å². The smallest absolute Gasteiger partial charge is 0.435 e. The molecule has 0 aliphatic heterocycles. The van der Waals surface area contributed by atoms with Crippen LogP contribution in [0.3, 0.4) is 0 Å². The fourth-order valence-electron chi connectivity index (χ4n) is 2.49. The van der Waals surface area contributed by atoms with Crippen molar-refractivity contribution in [2.75, 3.05) is 0 Å². The number of aromatic carboxylic acids is 1. The predicted octanol–water partition coefficient (Wildman–Crippen LogP) is 4.48. The molecule has 9 heteroatoms.